The number of ether oxygens (including phenoxy) is 1. The van der Waals surface area contributed by atoms with Crippen molar-refractivity contribution in [3.63, 3.8) is 0 Å². The number of rotatable bonds is 13. The van der Waals surface area contributed by atoms with Gasteiger partial charge >= 0.3 is 5.97 Å². The predicted octanol–water partition coefficient (Wildman–Crippen LogP) is 3.80. The summed E-state index contributed by atoms with van der Waals surface area (Å²) in [5, 5.41) is 31.1. The van der Waals surface area contributed by atoms with Crippen LogP contribution < -0.4 is 0 Å². The molecule has 0 bridgehead atoms. The van der Waals surface area contributed by atoms with E-state index in [1.54, 1.807) is 6.92 Å². The highest BCUT2D eigenvalue weighted by molar-refractivity contribution is 5.69. The quantitative estimate of drug-likeness (QED) is 0.258. The number of carbonyl (C=O) groups excluding carboxylic acids is 1. The van der Waals surface area contributed by atoms with E-state index in [9.17, 15) is 20.1 Å². The van der Waals surface area contributed by atoms with Crippen LogP contribution >= 0.6 is 0 Å². The Morgan fingerprint density at radius 1 is 1.13 bits per heavy atom. The SMILES string of the molecule is CCOC(=O)CCCC=CCC1C(O)CC(O)C1CCC(O)CCc1ccccc1. The summed E-state index contributed by atoms with van der Waals surface area (Å²) in [6.45, 7) is 2.22. The van der Waals surface area contributed by atoms with Crippen molar-refractivity contribution in [3.8, 4) is 0 Å². The molecule has 168 valence electrons. The van der Waals surface area contributed by atoms with Crippen LogP contribution in [0, 0.1) is 11.8 Å². The monoisotopic (exact) mass is 418 g/mol. The summed E-state index contributed by atoms with van der Waals surface area (Å²) in [5.74, 6) is -0.135. The summed E-state index contributed by atoms with van der Waals surface area (Å²) in [6.07, 6.45) is 8.69. The lowest BCUT2D eigenvalue weighted by Gasteiger charge is -2.23. The molecule has 0 heterocycles. The molecule has 1 saturated carbocycles. The van der Waals surface area contributed by atoms with Crippen molar-refractivity contribution in [2.75, 3.05) is 6.61 Å². The third kappa shape index (κ3) is 8.58. The molecule has 5 heteroatoms. The van der Waals surface area contributed by atoms with Crippen LogP contribution in [0.1, 0.15) is 63.9 Å². The minimum atomic E-state index is -0.511. The van der Waals surface area contributed by atoms with Gasteiger partial charge in [0.15, 0.2) is 0 Å². The molecular formula is C25H38O5. The normalized spacial score (nSPS) is 24.9. The van der Waals surface area contributed by atoms with E-state index in [2.05, 4.69) is 18.2 Å². The molecule has 0 aromatic heterocycles. The number of benzene rings is 1. The maximum absolute atomic E-state index is 11.3. The van der Waals surface area contributed by atoms with Gasteiger partial charge in [-0.25, -0.2) is 0 Å². The minimum absolute atomic E-state index is 0.00978. The smallest absolute Gasteiger partial charge is 0.305 e. The van der Waals surface area contributed by atoms with Gasteiger partial charge in [-0.05, 0) is 75.7 Å². The highest BCUT2D eigenvalue weighted by Crippen LogP contribution is 2.38. The molecule has 0 radical (unpaired) electrons. The third-order valence-corrected chi connectivity index (χ3v) is 6.10. The Labute approximate surface area is 180 Å². The van der Waals surface area contributed by atoms with E-state index in [1.807, 2.05) is 24.3 Å². The van der Waals surface area contributed by atoms with Crippen LogP contribution in [0.15, 0.2) is 42.5 Å². The molecule has 1 aliphatic carbocycles. The zero-order valence-electron chi connectivity index (χ0n) is 18.2. The fourth-order valence-corrected chi connectivity index (χ4v) is 4.38. The zero-order chi connectivity index (χ0) is 21.8. The van der Waals surface area contributed by atoms with E-state index in [4.69, 9.17) is 4.74 Å². The molecule has 1 aliphatic rings. The Hall–Kier alpha value is -1.69. The number of hydrogen-bond donors (Lipinski definition) is 3. The first kappa shape index (κ1) is 24.6. The number of carbonyl (C=O) groups is 1. The van der Waals surface area contributed by atoms with Crippen molar-refractivity contribution in [2.24, 2.45) is 11.8 Å². The summed E-state index contributed by atoms with van der Waals surface area (Å²) in [6, 6.07) is 10.1. The standard InChI is InChI=1S/C25H38O5/c1-2-30-25(29)13-9-4-3-8-12-21-22(24(28)18-23(21)27)17-16-20(26)15-14-19-10-6-5-7-11-19/h3,5-8,10-11,20-24,26-28H,2,4,9,12-18H2,1H3. The third-order valence-electron chi connectivity index (χ3n) is 6.10. The van der Waals surface area contributed by atoms with Crippen LogP contribution in [0.4, 0.5) is 0 Å². The topological polar surface area (TPSA) is 87.0 Å². The lowest BCUT2D eigenvalue weighted by molar-refractivity contribution is -0.143. The maximum Gasteiger partial charge on any atom is 0.305 e. The summed E-state index contributed by atoms with van der Waals surface area (Å²) in [4.78, 5) is 11.3. The van der Waals surface area contributed by atoms with Crippen molar-refractivity contribution in [2.45, 2.75) is 83.0 Å². The average molecular weight is 419 g/mol. The van der Waals surface area contributed by atoms with E-state index in [0.29, 0.717) is 38.7 Å². The van der Waals surface area contributed by atoms with Crippen LogP contribution in [-0.2, 0) is 16.0 Å². The maximum atomic E-state index is 11.3. The average Bonchev–Trinajstić information content (AvgIpc) is 3.00. The highest BCUT2D eigenvalue weighted by Gasteiger charge is 2.40. The van der Waals surface area contributed by atoms with Crippen molar-refractivity contribution in [1.82, 2.24) is 0 Å². The molecule has 5 unspecified atom stereocenters. The lowest BCUT2D eigenvalue weighted by Crippen LogP contribution is -2.23. The van der Waals surface area contributed by atoms with Gasteiger partial charge < -0.3 is 20.1 Å². The van der Waals surface area contributed by atoms with E-state index < -0.39 is 18.3 Å². The zero-order valence-corrected chi connectivity index (χ0v) is 18.2. The largest absolute Gasteiger partial charge is 0.466 e. The predicted molar refractivity (Wildman–Crippen MR) is 118 cm³/mol. The number of unbranched alkanes of at least 4 members (excludes halogenated alkanes) is 1. The van der Waals surface area contributed by atoms with Gasteiger partial charge in [-0.1, -0.05) is 42.5 Å². The number of aliphatic hydroxyl groups is 3. The van der Waals surface area contributed by atoms with Crippen molar-refractivity contribution in [1.29, 1.82) is 0 Å². The Bertz CT molecular complexity index is 630. The second-order valence-corrected chi connectivity index (χ2v) is 8.36. The molecule has 1 fully saturated rings. The van der Waals surface area contributed by atoms with Gasteiger partial charge in [0.1, 0.15) is 0 Å². The first-order valence-corrected chi connectivity index (χ1v) is 11.4. The van der Waals surface area contributed by atoms with Crippen molar-refractivity contribution < 1.29 is 24.9 Å². The molecule has 5 atom stereocenters. The van der Waals surface area contributed by atoms with E-state index >= 15 is 0 Å². The van der Waals surface area contributed by atoms with Crippen LogP contribution in [0.5, 0.6) is 0 Å². The van der Waals surface area contributed by atoms with E-state index in [-0.39, 0.29) is 17.8 Å². The number of hydrogen-bond acceptors (Lipinski definition) is 5. The van der Waals surface area contributed by atoms with Gasteiger partial charge in [0, 0.05) is 6.42 Å². The molecule has 5 nitrogen and oxygen atoms in total. The van der Waals surface area contributed by atoms with Crippen molar-refractivity contribution in [3.05, 3.63) is 48.0 Å². The summed E-state index contributed by atoms with van der Waals surface area (Å²) < 4.78 is 4.91. The summed E-state index contributed by atoms with van der Waals surface area (Å²) in [5.41, 5.74) is 1.22. The fourth-order valence-electron chi connectivity index (χ4n) is 4.38. The second-order valence-electron chi connectivity index (χ2n) is 8.36. The fraction of sp³-hybridized carbons (Fsp3) is 0.640. The number of aryl methyl sites for hydroxylation is 1. The van der Waals surface area contributed by atoms with Gasteiger partial charge in [0.25, 0.3) is 0 Å². The van der Waals surface area contributed by atoms with Gasteiger partial charge in [0.2, 0.25) is 0 Å². The molecule has 0 amide bonds. The Morgan fingerprint density at radius 2 is 1.87 bits per heavy atom. The summed E-state index contributed by atoms with van der Waals surface area (Å²) >= 11 is 0. The number of aliphatic hydroxyl groups excluding tert-OH is 3. The van der Waals surface area contributed by atoms with Crippen LogP contribution in [0.2, 0.25) is 0 Å². The molecule has 3 N–H and O–H groups in total. The number of esters is 1. The lowest BCUT2D eigenvalue weighted by atomic mass is 9.85. The molecule has 1 aromatic rings. The van der Waals surface area contributed by atoms with Gasteiger partial charge in [-0.2, -0.15) is 0 Å². The first-order valence-electron chi connectivity index (χ1n) is 11.4. The van der Waals surface area contributed by atoms with Gasteiger partial charge in [0.05, 0.1) is 24.9 Å². The molecule has 0 saturated heterocycles. The molecular weight excluding hydrogens is 380 g/mol. The van der Waals surface area contributed by atoms with Crippen molar-refractivity contribution >= 4 is 5.97 Å². The molecule has 2 rings (SSSR count). The van der Waals surface area contributed by atoms with E-state index in [0.717, 1.165) is 25.7 Å². The molecule has 0 spiro atoms. The van der Waals surface area contributed by atoms with Gasteiger partial charge in [-0.15, -0.1) is 0 Å². The molecule has 0 aliphatic heterocycles. The van der Waals surface area contributed by atoms with Gasteiger partial charge in [-0.3, -0.25) is 4.79 Å². The summed E-state index contributed by atoms with van der Waals surface area (Å²) in [7, 11) is 0. The molecule has 1 aromatic carbocycles. The second kappa shape index (κ2) is 13.6. The Morgan fingerprint density at radius 3 is 2.60 bits per heavy atom. The van der Waals surface area contributed by atoms with Crippen LogP contribution in [-0.4, -0.2) is 46.2 Å². The number of allylic oxidation sites excluding steroid dienone is 2. The highest BCUT2D eigenvalue weighted by atomic mass is 16.5. The van der Waals surface area contributed by atoms with Crippen LogP contribution in [0.25, 0.3) is 0 Å². The Kier molecular flexibility index (Phi) is 11.1. The Balaban J connectivity index is 1.71. The minimum Gasteiger partial charge on any atom is -0.466 e. The van der Waals surface area contributed by atoms with Crippen LogP contribution in [0.3, 0.4) is 0 Å². The molecule has 30 heavy (non-hydrogen) atoms. The first-order chi connectivity index (χ1) is 14.5. The van der Waals surface area contributed by atoms with E-state index in [1.165, 1.54) is 5.56 Å².